The van der Waals surface area contributed by atoms with Crippen molar-refractivity contribution in [2.24, 2.45) is 0 Å². The molecular formula is C16H10BrFN2. The molecule has 0 radical (unpaired) electrons. The highest BCUT2D eigenvalue weighted by atomic mass is 79.9. The van der Waals surface area contributed by atoms with Crippen molar-refractivity contribution in [3.8, 4) is 6.07 Å². The summed E-state index contributed by atoms with van der Waals surface area (Å²) in [7, 11) is 0. The largest absolute Gasteiger partial charge is 0.343 e. The summed E-state index contributed by atoms with van der Waals surface area (Å²) in [5.41, 5.74) is 1.95. The van der Waals surface area contributed by atoms with Crippen LogP contribution in [0.5, 0.6) is 0 Å². The number of benzene rings is 2. The number of fused-ring (bicyclic) bond motifs is 1. The van der Waals surface area contributed by atoms with Crippen LogP contribution >= 0.6 is 15.9 Å². The van der Waals surface area contributed by atoms with Gasteiger partial charge in [0.2, 0.25) is 0 Å². The molecule has 0 spiro atoms. The monoisotopic (exact) mass is 328 g/mol. The van der Waals surface area contributed by atoms with Crippen molar-refractivity contribution >= 4 is 26.8 Å². The minimum Gasteiger partial charge on any atom is -0.343 e. The Morgan fingerprint density at radius 3 is 2.75 bits per heavy atom. The quantitative estimate of drug-likeness (QED) is 0.682. The second-order valence-corrected chi connectivity index (χ2v) is 5.48. The second-order valence-electron chi connectivity index (χ2n) is 4.56. The van der Waals surface area contributed by atoms with Gasteiger partial charge >= 0.3 is 0 Å². The van der Waals surface area contributed by atoms with E-state index in [9.17, 15) is 4.39 Å². The van der Waals surface area contributed by atoms with E-state index in [1.807, 2.05) is 41.1 Å². The van der Waals surface area contributed by atoms with Crippen LogP contribution in [0.3, 0.4) is 0 Å². The van der Waals surface area contributed by atoms with Crippen LogP contribution in [0.15, 0.2) is 53.1 Å². The summed E-state index contributed by atoms with van der Waals surface area (Å²) >= 11 is 3.45. The Kier molecular flexibility index (Phi) is 3.29. The number of nitrogens with zero attached hydrogens (tertiary/aromatic N) is 2. The molecule has 0 amide bonds. The first kappa shape index (κ1) is 12.9. The average Bonchev–Trinajstić information content (AvgIpc) is 2.83. The fourth-order valence-electron chi connectivity index (χ4n) is 2.22. The molecule has 1 heterocycles. The molecule has 0 fully saturated rings. The number of hydrogen-bond acceptors (Lipinski definition) is 1. The van der Waals surface area contributed by atoms with E-state index >= 15 is 0 Å². The van der Waals surface area contributed by atoms with Crippen LogP contribution in [0.2, 0.25) is 0 Å². The minimum atomic E-state index is -0.346. The summed E-state index contributed by atoms with van der Waals surface area (Å²) in [6, 6.07) is 14.5. The zero-order chi connectivity index (χ0) is 14.1. The molecule has 0 unspecified atom stereocenters. The summed E-state index contributed by atoms with van der Waals surface area (Å²) in [5, 5.41) is 9.87. The van der Waals surface area contributed by atoms with Crippen LogP contribution in [0.4, 0.5) is 4.39 Å². The number of rotatable bonds is 2. The topological polar surface area (TPSA) is 28.7 Å². The standard InChI is InChI=1S/C16H10BrFN2/c17-14-4-3-12-5-6-20(16(12)8-14)10-13-2-1-11(9-19)7-15(13)18/h1-8H,10H2. The van der Waals surface area contributed by atoms with Gasteiger partial charge in [0.1, 0.15) is 5.82 Å². The minimum absolute atomic E-state index is 0.339. The van der Waals surface area contributed by atoms with Gasteiger partial charge in [0, 0.05) is 21.7 Å². The van der Waals surface area contributed by atoms with Crippen molar-refractivity contribution < 1.29 is 4.39 Å². The van der Waals surface area contributed by atoms with E-state index in [4.69, 9.17) is 5.26 Å². The van der Waals surface area contributed by atoms with Gasteiger partial charge in [0.25, 0.3) is 0 Å². The van der Waals surface area contributed by atoms with Gasteiger partial charge in [0.05, 0.1) is 18.2 Å². The predicted octanol–water partition coefficient (Wildman–Crippen LogP) is 4.46. The van der Waals surface area contributed by atoms with Crippen molar-refractivity contribution in [3.63, 3.8) is 0 Å². The summed E-state index contributed by atoms with van der Waals surface area (Å²) in [6.07, 6.45) is 1.94. The maximum atomic E-state index is 13.9. The zero-order valence-corrected chi connectivity index (χ0v) is 12.1. The van der Waals surface area contributed by atoms with Crippen LogP contribution in [0, 0.1) is 17.1 Å². The normalized spacial score (nSPS) is 10.7. The second kappa shape index (κ2) is 5.10. The Balaban J connectivity index is 2.01. The van der Waals surface area contributed by atoms with Gasteiger partial charge in [-0.1, -0.05) is 28.1 Å². The first-order valence-electron chi connectivity index (χ1n) is 6.10. The summed E-state index contributed by atoms with van der Waals surface area (Å²) in [6.45, 7) is 0.442. The van der Waals surface area contributed by atoms with E-state index in [1.54, 1.807) is 12.1 Å². The molecule has 0 aliphatic carbocycles. The van der Waals surface area contributed by atoms with Crippen molar-refractivity contribution in [2.45, 2.75) is 6.54 Å². The summed E-state index contributed by atoms with van der Waals surface area (Å²) in [5.74, 6) is -0.346. The molecule has 0 saturated heterocycles. The van der Waals surface area contributed by atoms with Crippen LogP contribution in [0.1, 0.15) is 11.1 Å². The molecule has 0 N–H and O–H groups in total. The van der Waals surface area contributed by atoms with Crippen LogP contribution in [0.25, 0.3) is 10.9 Å². The fraction of sp³-hybridized carbons (Fsp3) is 0.0625. The predicted molar refractivity (Wildman–Crippen MR) is 79.9 cm³/mol. The molecule has 1 aromatic heterocycles. The maximum Gasteiger partial charge on any atom is 0.129 e. The summed E-state index contributed by atoms with van der Waals surface area (Å²) in [4.78, 5) is 0. The molecule has 0 aliphatic rings. The van der Waals surface area contributed by atoms with Crippen molar-refractivity contribution in [1.82, 2.24) is 4.57 Å². The molecule has 4 heteroatoms. The Bertz CT molecular complexity index is 830. The molecule has 3 rings (SSSR count). The van der Waals surface area contributed by atoms with Gasteiger partial charge in [-0.2, -0.15) is 5.26 Å². The lowest BCUT2D eigenvalue weighted by atomic mass is 10.1. The third-order valence-corrected chi connectivity index (χ3v) is 3.75. The van der Waals surface area contributed by atoms with Gasteiger partial charge in [0.15, 0.2) is 0 Å². The van der Waals surface area contributed by atoms with Gasteiger partial charge in [-0.3, -0.25) is 0 Å². The van der Waals surface area contributed by atoms with Crippen molar-refractivity contribution in [2.75, 3.05) is 0 Å². The molecule has 0 saturated carbocycles. The lowest BCUT2D eigenvalue weighted by Crippen LogP contribution is -2.00. The average molecular weight is 329 g/mol. The fourth-order valence-corrected chi connectivity index (χ4v) is 2.57. The van der Waals surface area contributed by atoms with E-state index in [2.05, 4.69) is 15.9 Å². The number of hydrogen-bond donors (Lipinski definition) is 0. The van der Waals surface area contributed by atoms with Crippen LogP contribution < -0.4 is 0 Å². The lowest BCUT2D eigenvalue weighted by molar-refractivity contribution is 0.601. The Morgan fingerprint density at radius 2 is 2.00 bits per heavy atom. The number of nitriles is 1. The Hall–Kier alpha value is -2.12. The smallest absolute Gasteiger partial charge is 0.129 e. The SMILES string of the molecule is N#Cc1ccc(Cn2ccc3ccc(Br)cc32)c(F)c1. The molecule has 0 aliphatic heterocycles. The van der Waals surface area contributed by atoms with E-state index in [0.29, 0.717) is 17.7 Å². The van der Waals surface area contributed by atoms with E-state index in [0.717, 1.165) is 15.4 Å². The van der Waals surface area contributed by atoms with E-state index in [1.165, 1.54) is 6.07 Å². The van der Waals surface area contributed by atoms with E-state index in [-0.39, 0.29) is 5.82 Å². The molecule has 3 aromatic rings. The van der Waals surface area contributed by atoms with Gasteiger partial charge in [-0.25, -0.2) is 4.39 Å². The summed E-state index contributed by atoms with van der Waals surface area (Å²) < 4.78 is 16.9. The Morgan fingerprint density at radius 1 is 1.15 bits per heavy atom. The maximum absolute atomic E-state index is 13.9. The molecule has 2 nitrogen and oxygen atoms in total. The number of aromatic nitrogens is 1. The molecular weight excluding hydrogens is 319 g/mol. The first-order valence-corrected chi connectivity index (χ1v) is 6.89. The van der Waals surface area contributed by atoms with E-state index < -0.39 is 0 Å². The Labute approximate surface area is 124 Å². The highest BCUT2D eigenvalue weighted by molar-refractivity contribution is 9.10. The molecule has 0 bridgehead atoms. The zero-order valence-electron chi connectivity index (χ0n) is 10.5. The van der Waals surface area contributed by atoms with Crippen molar-refractivity contribution in [3.05, 3.63) is 70.1 Å². The first-order chi connectivity index (χ1) is 9.67. The molecule has 98 valence electrons. The third kappa shape index (κ3) is 2.33. The number of halogens is 2. The third-order valence-electron chi connectivity index (χ3n) is 3.26. The van der Waals surface area contributed by atoms with Crippen LogP contribution in [-0.4, -0.2) is 4.57 Å². The van der Waals surface area contributed by atoms with Crippen LogP contribution in [-0.2, 0) is 6.54 Å². The van der Waals surface area contributed by atoms with Gasteiger partial charge in [-0.05, 0) is 35.7 Å². The van der Waals surface area contributed by atoms with Gasteiger partial charge in [-0.15, -0.1) is 0 Å². The lowest BCUT2D eigenvalue weighted by Gasteiger charge is -2.07. The van der Waals surface area contributed by atoms with Crippen molar-refractivity contribution in [1.29, 1.82) is 5.26 Å². The molecule has 2 aromatic carbocycles. The highest BCUT2D eigenvalue weighted by Gasteiger charge is 2.07. The molecule has 20 heavy (non-hydrogen) atoms. The van der Waals surface area contributed by atoms with Gasteiger partial charge < -0.3 is 4.57 Å². The molecule has 0 atom stereocenters. The highest BCUT2D eigenvalue weighted by Crippen LogP contribution is 2.22.